The SMILES string of the molecule is COc1ncc(Br)cc1CNC(C)c1cnccc1C. The van der Waals surface area contributed by atoms with E-state index in [9.17, 15) is 0 Å². The Labute approximate surface area is 127 Å². The van der Waals surface area contributed by atoms with E-state index in [4.69, 9.17) is 4.74 Å². The summed E-state index contributed by atoms with van der Waals surface area (Å²) in [5.74, 6) is 0.649. The third-order valence-corrected chi connectivity index (χ3v) is 3.66. The van der Waals surface area contributed by atoms with E-state index in [1.54, 1.807) is 13.3 Å². The van der Waals surface area contributed by atoms with Crippen LogP contribution in [0.4, 0.5) is 0 Å². The normalized spacial score (nSPS) is 12.2. The average molecular weight is 336 g/mol. The van der Waals surface area contributed by atoms with Gasteiger partial charge in [-0.15, -0.1) is 0 Å². The summed E-state index contributed by atoms with van der Waals surface area (Å²) >= 11 is 3.43. The van der Waals surface area contributed by atoms with E-state index in [0.717, 1.165) is 10.0 Å². The Morgan fingerprint density at radius 1 is 1.40 bits per heavy atom. The summed E-state index contributed by atoms with van der Waals surface area (Å²) in [6, 6.07) is 4.25. The van der Waals surface area contributed by atoms with Crippen molar-refractivity contribution < 1.29 is 4.74 Å². The number of aryl methyl sites for hydroxylation is 1. The minimum atomic E-state index is 0.215. The molecule has 20 heavy (non-hydrogen) atoms. The van der Waals surface area contributed by atoms with Gasteiger partial charge in [-0.05, 0) is 53.0 Å². The fraction of sp³-hybridized carbons (Fsp3) is 0.333. The molecule has 1 atom stereocenters. The monoisotopic (exact) mass is 335 g/mol. The van der Waals surface area contributed by atoms with Crippen LogP contribution in [0.3, 0.4) is 0 Å². The second kappa shape index (κ2) is 6.81. The third kappa shape index (κ3) is 3.55. The molecule has 0 fully saturated rings. The highest BCUT2D eigenvalue weighted by Gasteiger charge is 2.10. The van der Waals surface area contributed by atoms with E-state index in [2.05, 4.69) is 45.1 Å². The van der Waals surface area contributed by atoms with Crippen molar-refractivity contribution in [1.29, 1.82) is 0 Å². The molecule has 0 amide bonds. The van der Waals surface area contributed by atoms with Crippen LogP contribution >= 0.6 is 15.9 Å². The average Bonchev–Trinajstić information content (AvgIpc) is 2.45. The van der Waals surface area contributed by atoms with Crippen LogP contribution in [0.15, 0.2) is 35.2 Å². The van der Waals surface area contributed by atoms with E-state index in [-0.39, 0.29) is 6.04 Å². The number of pyridine rings is 2. The molecule has 106 valence electrons. The highest BCUT2D eigenvalue weighted by Crippen LogP contribution is 2.21. The molecule has 0 bridgehead atoms. The largest absolute Gasteiger partial charge is 0.481 e. The van der Waals surface area contributed by atoms with Crippen LogP contribution in [0.2, 0.25) is 0 Å². The Morgan fingerprint density at radius 3 is 2.90 bits per heavy atom. The van der Waals surface area contributed by atoms with E-state index < -0.39 is 0 Å². The Kier molecular flexibility index (Phi) is 5.09. The molecule has 0 aliphatic heterocycles. The van der Waals surface area contributed by atoms with Gasteiger partial charge in [0.05, 0.1) is 7.11 Å². The van der Waals surface area contributed by atoms with Gasteiger partial charge < -0.3 is 10.1 Å². The van der Waals surface area contributed by atoms with Crippen molar-refractivity contribution in [3.05, 3.63) is 51.9 Å². The summed E-state index contributed by atoms with van der Waals surface area (Å²) < 4.78 is 6.22. The van der Waals surface area contributed by atoms with Crippen LogP contribution in [0.5, 0.6) is 5.88 Å². The predicted molar refractivity (Wildman–Crippen MR) is 82.7 cm³/mol. The van der Waals surface area contributed by atoms with Gasteiger partial charge in [-0.2, -0.15) is 0 Å². The molecule has 1 unspecified atom stereocenters. The lowest BCUT2D eigenvalue weighted by Gasteiger charge is -2.17. The first kappa shape index (κ1) is 14.9. The maximum Gasteiger partial charge on any atom is 0.217 e. The van der Waals surface area contributed by atoms with Gasteiger partial charge in [-0.1, -0.05) is 0 Å². The van der Waals surface area contributed by atoms with E-state index in [0.29, 0.717) is 12.4 Å². The number of nitrogens with one attached hydrogen (secondary N) is 1. The van der Waals surface area contributed by atoms with Crippen LogP contribution in [-0.2, 0) is 6.54 Å². The molecular formula is C15H18BrN3O. The lowest BCUT2D eigenvalue weighted by atomic mass is 10.1. The molecule has 0 aliphatic carbocycles. The van der Waals surface area contributed by atoms with Crippen LogP contribution in [0.25, 0.3) is 0 Å². The summed E-state index contributed by atoms with van der Waals surface area (Å²) in [4.78, 5) is 8.43. The van der Waals surface area contributed by atoms with Gasteiger partial charge >= 0.3 is 0 Å². The molecule has 2 rings (SSSR count). The lowest BCUT2D eigenvalue weighted by Crippen LogP contribution is -2.19. The number of aromatic nitrogens is 2. The standard InChI is InChI=1S/C15H18BrN3O/c1-10-4-5-17-9-14(10)11(2)18-7-12-6-13(16)8-19-15(12)20-3/h4-6,8-9,11,18H,7H2,1-3H3. The van der Waals surface area contributed by atoms with Crippen molar-refractivity contribution >= 4 is 15.9 Å². The first-order chi connectivity index (χ1) is 9.61. The molecule has 5 heteroatoms. The van der Waals surface area contributed by atoms with Crippen molar-refractivity contribution in [3.63, 3.8) is 0 Å². The van der Waals surface area contributed by atoms with Crippen LogP contribution in [0.1, 0.15) is 29.7 Å². The number of methoxy groups -OCH3 is 1. The Bertz CT molecular complexity index is 589. The maximum absolute atomic E-state index is 5.28. The van der Waals surface area contributed by atoms with E-state index in [1.807, 2.05) is 24.5 Å². The molecular weight excluding hydrogens is 318 g/mol. The third-order valence-electron chi connectivity index (χ3n) is 3.23. The second-order valence-electron chi connectivity index (χ2n) is 4.66. The van der Waals surface area contributed by atoms with Crippen molar-refractivity contribution in [2.45, 2.75) is 26.4 Å². The summed E-state index contributed by atoms with van der Waals surface area (Å²) in [6.07, 6.45) is 5.45. The number of nitrogens with zero attached hydrogens (tertiary/aromatic N) is 2. The summed E-state index contributed by atoms with van der Waals surface area (Å²) in [6.45, 7) is 4.91. The Morgan fingerprint density at radius 2 is 2.20 bits per heavy atom. The highest BCUT2D eigenvalue weighted by molar-refractivity contribution is 9.10. The number of hydrogen-bond donors (Lipinski definition) is 1. The lowest BCUT2D eigenvalue weighted by molar-refractivity contribution is 0.389. The van der Waals surface area contributed by atoms with Gasteiger partial charge in [-0.25, -0.2) is 4.98 Å². The van der Waals surface area contributed by atoms with Gasteiger partial charge in [0.2, 0.25) is 5.88 Å². The fourth-order valence-corrected chi connectivity index (χ4v) is 2.46. The van der Waals surface area contributed by atoms with Gasteiger partial charge in [0, 0.05) is 41.2 Å². The number of halogens is 1. The maximum atomic E-state index is 5.28. The van der Waals surface area contributed by atoms with Crippen molar-refractivity contribution in [2.24, 2.45) is 0 Å². The fourth-order valence-electron chi connectivity index (χ4n) is 2.08. The smallest absolute Gasteiger partial charge is 0.217 e. The van der Waals surface area contributed by atoms with Gasteiger partial charge in [0.1, 0.15) is 0 Å². The molecule has 2 aromatic rings. The first-order valence-electron chi connectivity index (χ1n) is 6.44. The number of hydrogen-bond acceptors (Lipinski definition) is 4. The van der Waals surface area contributed by atoms with Crippen LogP contribution < -0.4 is 10.1 Å². The molecule has 0 aliphatic rings. The number of ether oxygens (including phenoxy) is 1. The van der Waals surface area contributed by atoms with E-state index in [1.165, 1.54) is 11.1 Å². The second-order valence-corrected chi connectivity index (χ2v) is 5.57. The number of rotatable bonds is 5. The summed E-state index contributed by atoms with van der Waals surface area (Å²) in [5.41, 5.74) is 3.46. The highest BCUT2D eigenvalue weighted by atomic mass is 79.9. The topological polar surface area (TPSA) is 47.0 Å². The Balaban J connectivity index is 2.09. The zero-order valence-electron chi connectivity index (χ0n) is 11.9. The first-order valence-corrected chi connectivity index (χ1v) is 7.23. The Hall–Kier alpha value is -1.46. The minimum Gasteiger partial charge on any atom is -0.481 e. The molecule has 2 heterocycles. The molecule has 0 radical (unpaired) electrons. The zero-order chi connectivity index (χ0) is 14.5. The van der Waals surface area contributed by atoms with Crippen molar-refractivity contribution in [1.82, 2.24) is 15.3 Å². The van der Waals surface area contributed by atoms with Crippen molar-refractivity contribution in [2.75, 3.05) is 7.11 Å². The molecule has 0 spiro atoms. The molecule has 0 saturated carbocycles. The molecule has 0 aromatic carbocycles. The molecule has 1 N–H and O–H groups in total. The van der Waals surface area contributed by atoms with Gasteiger partial charge in [0.25, 0.3) is 0 Å². The minimum absolute atomic E-state index is 0.215. The zero-order valence-corrected chi connectivity index (χ0v) is 13.4. The molecule has 0 saturated heterocycles. The quantitative estimate of drug-likeness (QED) is 0.909. The molecule has 2 aromatic heterocycles. The van der Waals surface area contributed by atoms with Gasteiger partial charge in [-0.3, -0.25) is 4.98 Å². The van der Waals surface area contributed by atoms with Crippen LogP contribution in [-0.4, -0.2) is 17.1 Å². The van der Waals surface area contributed by atoms with Crippen molar-refractivity contribution in [3.8, 4) is 5.88 Å². The molecule has 4 nitrogen and oxygen atoms in total. The van der Waals surface area contributed by atoms with E-state index >= 15 is 0 Å². The predicted octanol–water partition coefficient (Wildman–Crippen LogP) is 3.41. The summed E-state index contributed by atoms with van der Waals surface area (Å²) in [7, 11) is 1.63. The summed E-state index contributed by atoms with van der Waals surface area (Å²) in [5, 5.41) is 3.48. The van der Waals surface area contributed by atoms with Crippen LogP contribution in [0, 0.1) is 6.92 Å². The van der Waals surface area contributed by atoms with Gasteiger partial charge in [0.15, 0.2) is 0 Å².